The van der Waals surface area contributed by atoms with Gasteiger partial charge in [0, 0.05) is 6.54 Å². The number of carbonyl (C=O) groups excluding carboxylic acids is 1. The van der Waals surface area contributed by atoms with Crippen LogP contribution in [0.5, 0.6) is 0 Å². The second-order valence-corrected chi connectivity index (χ2v) is 5.52. The predicted octanol–water partition coefficient (Wildman–Crippen LogP) is -0.175. The normalized spacial score (nSPS) is 17.7. The van der Waals surface area contributed by atoms with Gasteiger partial charge in [-0.25, -0.2) is 4.79 Å². The summed E-state index contributed by atoms with van der Waals surface area (Å²) in [6.45, 7) is 2.52. The third-order valence-corrected chi connectivity index (χ3v) is 3.86. The van der Waals surface area contributed by atoms with Crippen molar-refractivity contribution < 1.29 is 19.4 Å². The molecule has 0 aliphatic carbocycles. The summed E-state index contributed by atoms with van der Waals surface area (Å²) in [7, 11) is 0. The van der Waals surface area contributed by atoms with E-state index in [1.54, 1.807) is 11.6 Å². The van der Waals surface area contributed by atoms with E-state index in [1.165, 1.54) is 4.90 Å². The second-order valence-electron chi connectivity index (χ2n) is 5.52. The van der Waals surface area contributed by atoms with E-state index < -0.39 is 12.1 Å². The van der Waals surface area contributed by atoms with Crippen LogP contribution in [0.15, 0.2) is 24.3 Å². The highest BCUT2D eigenvalue weighted by Crippen LogP contribution is 2.12. The van der Waals surface area contributed by atoms with E-state index in [4.69, 9.17) is 9.84 Å². The average molecular weight is 331 g/mol. The molecule has 1 aliphatic heterocycles. The van der Waals surface area contributed by atoms with Crippen LogP contribution in [0.4, 0.5) is 0 Å². The van der Waals surface area contributed by atoms with Gasteiger partial charge in [0.05, 0.1) is 25.3 Å². The molecule has 1 N–H and O–H groups in total. The number of tetrazole rings is 1. The second kappa shape index (κ2) is 6.75. The molecule has 1 atom stereocenters. The van der Waals surface area contributed by atoms with Gasteiger partial charge in [-0.05, 0) is 35.0 Å². The molecule has 1 saturated heterocycles. The zero-order valence-electron chi connectivity index (χ0n) is 13.1. The van der Waals surface area contributed by atoms with Crippen LogP contribution in [0.3, 0.4) is 0 Å². The summed E-state index contributed by atoms with van der Waals surface area (Å²) in [5.41, 5.74) is 1.65. The molecule has 0 spiro atoms. The lowest BCUT2D eigenvalue weighted by Gasteiger charge is -2.31. The number of carbonyl (C=O) groups is 2. The number of carboxylic acids is 1. The standard InChI is InChI=1S/C15H17N5O4/c1-10-16-17-18-20(10)12-4-2-11(3-5-12)8-14(21)19-6-7-24-13(9-19)15(22)23/h2-5,13H,6-9H2,1H3,(H,22,23)/t13-/m0/s1. The van der Waals surface area contributed by atoms with E-state index in [2.05, 4.69) is 15.5 Å². The number of benzene rings is 1. The van der Waals surface area contributed by atoms with Gasteiger partial charge in [-0.2, -0.15) is 4.68 Å². The third kappa shape index (κ3) is 3.40. The Labute approximate surface area is 137 Å². The number of aromatic nitrogens is 4. The number of aliphatic carboxylic acids is 1. The number of amides is 1. The van der Waals surface area contributed by atoms with Crippen LogP contribution in [0, 0.1) is 6.92 Å². The topological polar surface area (TPSA) is 110 Å². The number of nitrogens with zero attached hydrogens (tertiary/aromatic N) is 5. The number of hydrogen-bond donors (Lipinski definition) is 1. The van der Waals surface area contributed by atoms with E-state index in [1.807, 2.05) is 24.3 Å². The summed E-state index contributed by atoms with van der Waals surface area (Å²) in [6, 6.07) is 7.35. The first-order valence-corrected chi connectivity index (χ1v) is 7.51. The van der Waals surface area contributed by atoms with Gasteiger partial charge < -0.3 is 14.7 Å². The van der Waals surface area contributed by atoms with Crippen molar-refractivity contribution in [2.45, 2.75) is 19.4 Å². The van der Waals surface area contributed by atoms with Crippen molar-refractivity contribution in [3.05, 3.63) is 35.7 Å². The first-order valence-electron chi connectivity index (χ1n) is 7.51. The van der Waals surface area contributed by atoms with Gasteiger partial charge in [0.15, 0.2) is 11.9 Å². The van der Waals surface area contributed by atoms with Gasteiger partial charge in [-0.1, -0.05) is 12.1 Å². The maximum atomic E-state index is 12.3. The molecule has 1 aliphatic rings. The molecule has 3 rings (SSSR count). The third-order valence-electron chi connectivity index (χ3n) is 3.86. The van der Waals surface area contributed by atoms with Crippen molar-refractivity contribution in [1.82, 2.24) is 25.1 Å². The molecule has 9 nitrogen and oxygen atoms in total. The van der Waals surface area contributed by atoms with Gasteiger partial charge in [-0.15, -0.1) is 5.10 Å². The van der Waals surface area contributed by atoms with Crippen LogP contribution in [0.25, 0.3) is 5.69 Å². The van der Waals surface area contributed by atoms with Crippen molar-refractivity contribution in [2.24, 2.45) is 0 Å². The average Bonchev–Trinajstić information content (AvgIpc) is 3.01. The number of aryl methyl sites for hydroxylation is 1. The van der Waals surface area contributed by atoms with Crippen LogP contribution in [-0.4, -0.2) is 67.9 Å². The first-order chi connectivity index (χ1) is 11.5. The Bertz CT molecular complexity index is 743. The van der Waals surface area contributed by atoms with Crippen LogP contribution in [0.1, 0.15) is 11.4 Å². The van der Waals surface area contributed by atoms with Gasteiger partial charge in [0.2, 0.25) is 5.91 Å². The fourth-order valence-electron chi connectivity index (χ4n) is 2.54. The summed E-state index contributed by atoms with van der Waals surface area (Å²) >= 11 is 0. The molecule has 0 unspecified atom stereocenters. The Morgan fingerprint density at radius 2 is 2.08 bits per heavy atom. The molecule has 1 amide bonds. The summed E-state index contributed by atoms with van der Waals surface area (Å²) in [5.74, 6) is -0.489. The molecule has 0 bridgehead atoms. The zero-order valence-corrected chi connectivity index (χ0v) is 13.1. The minimum Gasteiger partial charge on any atom is -0.479 e. The number of ether oxygens (including phenoxy) is 1. The molecule has 1 fully saturated rings. The van der Waals surface area contributed by atoms with E-state index in [0.717, 1.165) is 11.3 Å². The first kappa shape index (κ1) is 16.1. The largest absolute Gasteiger partial charge is 0.479 e. The number of carboxylic acid groups (broad SMARTS) is 1. The Morgan fingerprint density at radius 1 is 1.33 bits per heavy atom. The van der Waals surface area contributed by atoms with Crippen molar-refractivity contribution >= 4 is 11.9 Å². The van der Waals surface area contributed by atoms with E-state index in [-0.39, 0.29) is 25.5 Å². The summed E-state index contributed by atoms with van der Waals surface area (Å²) in [6.07, 6.45) is -0.742. The smallest absolute Gasteiger partial charge is 0.334 e. The van der Waals surface area contributed by atoms with E-state index in [9.17, 15) is 9.59 Å². The minimum atomic E-state index is -1.05. The minimum absolute atomic E-state index is 0.0794. The monoisotopic (exact) mass is 331 g/mol. The number of rotatable bonds is 4. The predicted molar refractivity (Wildman–Crippen MR) is 81.6 cm³/mol. The number of morpholine rings is 1. The van der Waals surface area contributed by atoms with E-state index >= 15 is 0 Å². The Kier molecular flexibility index (Phi) is 4.52. The van der Waals surface area contributed by atoms with Gasteiger partial charge >= 0.3 is 5.97 Å². The number of hydrogen-bond acceptors (Lipinski definition) is 6. The molecule has 2 heterocycles. The molecule has 1 aromatic carbocycles. The van der Waals surface area contributed by atoms with Gasteiger partial charge in [0.1, 0.15) is 0 Å². The lowest BCUT2D eigenvalue weighted by molar-refractivity contribution is -0.159. The highest BCUT2D eigenvalue weighted by Gasteiger charge is 2.28. The quantitative estimate of drug-likeness (QED) is 0.827. The lowest BCUT2D eigenvalue weighted by Crippen LogP contribution is -2.49. The van der Waals surface area contributed by atoms with Crippen molar-refractivity contribution in [3.8, 4) is 5.69 Å². The fourth-order valence-corrected chi connectivity index (χ4v) is 2.54. The summed E-state index contributed by atoms with van der Waals surface area (Å²) < 4.78 is 6.73. The lowest BCUT2D eigenvalue weighted by atomic mass is 10.1. The maximum Gasteiger partial charge on any atom is 0.334 e. The zero-order chi connectivity index (χ0) is 17.1. The maximum absolute atomic E-state index is 12.3. The molecular weight excluding hydrogens is 314 g/mol. The summed E-state index contributed by atoms with van der Waals surface area (Å²) in [5, 5.41) is 20.3. The fraction of sp³-hybridized carbons (Fsp3) is 0.400. The van der Waals surface area contributed by atoms with Crippen LogP contribution in [0.2, 0.25) is 0 Å². The van der Waals surface area contributed by atoms with Crippen molar-refractivity contribution in [1.29, 1.82) is 0 Å². The van der Waals surface area contributed by atoms with Gasteiger partial charge in [0.25, 0.3) is 0 Å². The Hall–Kier alpha value is -2.81. The molecule has 0 saturated carbocycles. The molecule has 2 aromatic rings. The Balaban J connectivity index is 1.64. The molecular formula is C15H17N5O4. The highest BCUT2D eigenvalue weighted by atomic mass is 16.5. The summed E-state index contributed by atoms with van der Waals surface area (Å²) in [4.78, 5) is 24.8. The van der Waals surface area contributed by atoms with Crippen LogP contribution >= 0.6 is 0 Å². The highest BCUT2D eigenvalue weighted by molar-refractivity contribution is 5.80. The van der Waals surface area contributed by atoms with Crippen LogP contribution in [-0.2, 0) is 20.7 Å². The SMILES string of the molecule is Cc1nnnn1-c1ccc(CC(=O)N2CCO[C@H](C(=O)O)C2)cc1. The van der Waals surface area contributed by atoms with Crippen LogP contribution < -0.4 is 0 Å². The molecule has 126 valence electrons. The Morgan fingerprint density at radius 3 is 2.71 bits per heavy atom. The van der Waals surface area contributed by atoms with Gasteiger partial charge in [-0.3, -0.25) is 4.79 Å². The molecule has 9 heteroatoms. The van der Waals surface area contributed by atoms with Crippen molar-refractivity contribution in [2.75, 3.05) is 19.7 Å². The molecule has 0 radical (unpaired) electrons. The molecule has 1 aromatic heterocycles. The van der Waals surface area contributed by atoms with Crippen molar-refractivity contribution in [3.63, 3.8) is 0 Å². The molecule has 24 heavy (non-hydrogen) atoms. The van der Waals surface area contributed by atoms with E-state index in [0.29, 0.717) is 12.4 Å².